The molecule has 2 unspecified atom stereocenters. The molecule has 0 bridgehead atoms. The third kappa shape index (κ3) is 4.71. The van der Waals surface area contributed by atoms with Crippen LogP contribution >= 0.6 is 0 Å². The van der Waals surface area contributed by atoms with Gasteiger partial charge in [-0.15, -0.1) is 0 Å². The monoisotopic (exact) mass is 445 g/mol. The van der Waals surface area contributed by atoms with Crippen LogP contribution in [0.2, 0.25) is 0 Å². The molecule has 0 spiro atoms. The second kappa shape index (κ2) is 8.94. The van der Waals surface area contributed by atoms with E-state index in [4.69, 9.17) is 4.74 Å². The van der Waals surface area contributed by atoms with Crippen molar-refractivity contribution in [3.63, 3.8) is 0 Å². The number of aromatic nitrogens is 2. The Hall–Kier alpha value is -3.49. The summed E-state index contributed by atoms with van der Waals surface area (Å²) in [5, 5.41) is 0. The molecule has 5 nitrogen and oxygen atoms in total. The number of cyclic esters (lactones) is 1. The van der Waals surface area contributed by atoms with E-state index in [2.05, 4.69) is 9.97 Å². The fourth-order valence-electron chi connectivity index (χ4n) is 3.80. The first-order valence-corrected chi connectivity index (χ1v) is 9.96. The van der Waals surface area contributed by atoms with Crippen LogP contribution in [0.3, 0.4) is 0 Å². The lowest BCUT2D eigenvalue weighted by Gasteiger charge is -2.25. The molecule has 1 aromatic heterocycles. The Morgan fingerprint density at radius 2 is 1.66 bits per heavy atom. The van der Waals surface area contributed by atoms with Crippen molar-refractivity contribution in [2.45, 2.75) is 24.6 Å². The van der Waals surface area contributed by atoms with Crippen LogP contribution in [-0.4, -0.2) is 34.1 Å². The quantitative estimate of drug-likeness (QED) is 0.480. The highest BCUT2D eigenvalue weighted by Crippen LogP contribution is 2.33. The Balaban J connectivity index is 1.59. The van der Waals surface area contributed by atoms with Gasteiger partial charge in [-0.2, -0.15) is 13.2 Å². The van der Waals surface area contributed by atoms with E-state index >= 15 is 0 Å². The molecule has 1 amide bonds. The standard InChI is InChI=1S/C23H19F4N3O2/c24-18-8-6-15(7-9-18)19(17-12-28-21(29-13-17)23(25,26)27)10-11-30-20(14-32-22(30)31)16-4-2-1-3-5-16/h1-9,12-13,19-20H,10-11,14H2. The third-order valence-electron chi connectivity index (χ3n) is 5.42. The SMILES string of the molecule is O=C1OCC(c2ccccc2)N1CCC(c1ccc(F)cc1)c1cnc(C(F)(F)F)nc1. The number of benzene rings is 2. The van der Waals surface area contributed by atoms with Gasteiger partial charge in [0.2, 0.25) is 5.82 Å². The maximum Gasteiger partial charge on any atom is 0.451 e. The molecule has 166 valence electrons. The largest absolute Gasteiger partial charge is 0.451 e. The average Bonchev–Trinajstić information content (AvgIpc) is 3.16. The van der Waals surface area contributed by atoms with Crippen molar-refractivity contribution in [1.29, 1.82) is 0 Å². The number of carbonyl (C=O) groups excluding carboxylic acids is 1. The lowest BCUT2D eigenvalue weighted by Crippen LogP contribution is -2.30. The lowest BCUT2D eigenvalue weighted by atomic mass is 9.90. The molecule has 0 saturated carbocycles. The molecule has 2 aromatic carbocycles. The summed E-state index contributed by atoms with van der Waals surface area (Å²) in [4.78, 5) is 20.9. The maximum atomic E-state index is 13.4. The van der Waals surface area contributed by atoms with Crippen LogP contribution in [0.15, 0.2) is 67.0 Å². The molecule has 1 aliphatic heterocycles. The van der Waals surface area contributed by atoms with Crippen molar-refractivity contribution in [2.24, 2.45) is 0 Å². The van der Waals surface area contributed by atoms with E-state index in [1.807, 2.05) is 30.3 Å². The van der Waals surface area contributed by atoms with Crippen molar-refractivity contribution in [3.8, 4) is 0 Å². The number of ether oxygens (including phenoxy) is 1. The maximum absolute atomic E-state index is 13.4. The van der Waals surface area contributed by atoms with Crippen molar-refractivity contribution in [3.05, 3.63) is 95.3 Å². The smallest absolute Gasteiger partial charge is 0.447 e. The van der Waals surface area contributed by atoms with Gasteiger partial charge in [0.1, 0.15) is 12.4 Å². The van der Waals surface area contributed by atoms with Crippen LogP contribution in [0.5, 0.6) is 0 Å². The van der Waals surface area contributed by atoms with Gasteiger partial charge >= 0.3 is 12.3 Å². The van der Waals surface area contributed by atoms with Gasteiger partial charge < -0.3 is 4.74 Å². The first-order valence-electron chi connectivity index (χ1n) is 9.96. The molecule has 2 heterocycles. The van der Waals surface area contributed by atoms with E-state index in [1.165, 1.54) is 12.1 Å². The minimum absolute atomic E-state index is 0.216. The van der Waals surface area contributed by atoms with Crippen molar-refractivity contribution >= 4 is 6.09 Å². The zero-order chi connectivity index (χ0) is 22.7. The van der Waals surface area contributed by atoms with E-state index < -0.39 is 29.8 Å². The molecular formula is C23H19F4N3O2. The molecule has 1 fully saturated rings. The summed E-state index contributed by atoms with van der Waals surface area (Å²) in [6.45, 7) is 0.495. The zero-order valence-electron chi connectivity index (χ0n) is 16.8. The molecular weight excluding hydrogens is 426 g/mol. The molecule has 4 rings (SSSR count). The molecule has 2 atom stereocenters. The second-order valence-electron chi connectivity index (χ2n) is 7.43. The first kappa shape index (κ1) is 21.7. The highest BCUT2D eigenvalue weighted by molar-refractivity contribution is 5.70. The third-order valence-corrected chi connectivity index (χ3v) is 5.42. The van der Waals surface area contributed by atoms with E-state index in [9.17, 15) is 22.4 Å². The number of hydrogen-bond acceptors (Lipinski definition) is 4. The summed E-state index contributed by atoms with van der Waals surface area (Å²) < 4.78 is 57.3. The highest BCUT2D eigenvalue weighted by Gasteiger charge is 2.36. The molecule has 1 saturated heterocycles. The summed E-state index contributed by atoms with van der Waals surface area (Å²) in [5.41, 5.74) is 2.04. The fourth-order valence-corrected chi connectivity index (χ4v) is 3.80. The van der Waals surface area contributed by atoms with E-state index in [1.54, 1.807) is 17.0 Å². The minimum Gasteiger partial charge on any atom is -0.447 e. The number of alkyl halides is 3. The van der Waals surface area contributed by atoms with Crippen LogP contribution in [0.1, 0.15) is 40.9 Å². The Morgan fingerprint density at radius 1 is 1.00 bits per heavy atom. The number of amides is 1. The van der Waals surface area contributed by atoms with Crippen molar-refractivity contribution < 1.29 is 27.1 Å². The Bertz CT molecular complexity index is 1060. The van der Waals surface area contributed by atoms with E-state index in [0.29, 0.717) is 17.5 Å². The summed E-state index contributed by atoms with van der Waals surface area (Å²) in [6.07, 6.45) is -2.49. The molecule has 0 aliphatic carbocycles. The van der Waals surface area contributed by atoms with Gasteiger partial charge in [0.25, 0.3) is 0 Å². The zero-order valence-corrected chi connectivity index (χ0v) is 16.8. The van der Waals surface area contributed by atoms with Gasteiger partial charge in [-0.3, -0.25) is 4.90 Å². The lowest BCUT2D eigenvalue weighted by molar-refractivity contribution is -0.145. The number of hydrogen-bond donors (Lipinski definition) is 0. The Kier molecular flexibility index (Phi) is 6.07. The molecule has 32 heavy (non-hydrogen) atoms. The van der Waals surface area contributed by atoms with Gasteiger partial charge in [0.05, 0.1) is 6.04 Å². The minimum atomic E-state index is -4.65. The van der Waals surface area contributed by atoms with Gasteiger partial charge in [-0.05, 0) is 35.2 Å². The summed E-state index contributed by atoms with van der Waals surface area (Å²) in [7, 11) is 0. The van der Waals surface area contributed by atoms with Gasteiger partial charge in [-0.25, -0.2) is 19.2 Å². The van der Waals surface area contributed by atoms with Crippen LogP contribution in [0.4, 0.5) is 22.4 Å². The summed E-state index contributed by atoms with van der Waals surface area (Å²) in [6, 6.07) is 14.9. The molecule has 9 heteroatoms. The molecule has 0 radical (unpaired) electrons. The Morgan fingerprint density at radius 3 is 2.28 bits per heavy atom. The van der Waals surface area contributed by atoms with Crippen LogP contribution < -0.4 is 0 Å². The number of halogens is 4. The summed E-state index contributed by atoms with van der Waals surface area (Å²) in [5.74, 6) is -2.10. The number of nitrogens with zero attached hydrogens (tertiary/aromatic N) is 3. The number of rotatable bonds is 6. The molecule has 3 aromatic rings. The van der Waals surface area contributed by atoms with Gasteiger partial charge in [0.15, 0.2) is 0 Å². The molecule has 1 aliphatic rings. The topological polar surface area (TPSA) is 55.3 Å². The van der Waals surface area contributed by atoms with Gasteiger partial charge in [-0.1, -0.05) is 42.5 Å². The first-order chi connectivity index (χ1) is 15.3. The predicted molar refractivity (Wildman–Crippen MR) is 107 cm³/mol. The van der Waals surface area contributed by atoms with Crippen LogP contribution in [0.25, 0.3) is 0 Å². The number of carbonyl (C=O) groups is 1. The van der Waals surface area contributed by atoms with Gasteiger partial charge in [0, 0.05) is 24.9 Å². The average molecular weight is 445 g/mol. The van der Waals surface area contributed by atoms with Crippen molar-refractivity contribution in [2.75, 3.05) is 13.2 Å². The van der Waals surface area contributed by atoms with Crippen LogP contribution in [0, 0.1) is 5.82 Å². The van der Waals surface area contributed by atoms with E-state index in [0.717, 1.165) is 18.0 Å². The van der Waals surface area contributed by atoms with Crippen LogP contribution in [-0.2, 0) is 10.9 Å². The summed E-state index contributed by atoms with van der Waals surface area (Å²) >= 11 is 0. The second-order valence-corrected chi connectivity index (χ2v) is 7.43. The Labute approximate surface area is 181 Å². The fraction of sp³-hybridized carbons (Fsp3) is 0.261. The normalized spacial score (nSPS) is 17.3. The van der Waals surface area contributed by atoms with E-state index in [-0.39, 0.29) is 19.2 Å². The predicted octanol–water partition coefficient (Wildman–Crippen LogP) is 5.35. The highest BCUT2D eigenvalue weighted by atomic mass is 19.4. The van der Waals surface area contributed by atoms with Crippen molar-refractivity contribution in [1.82, 2.24) is 14.9 Å². The molecule has 0 N–H and O–H groups in total.